The van der Waals surface area contributed by atoms with E-state index in [1.165, 1.54) is 22.6 Å². The van der Waals surface area contributed by atoms with Crippen molar-refractivity contribution in [2.24, 2.45) is 7.05 Å². The second kappa shape index (κ2) is 7.66. The van der Waals surface area contributed by atoms with Gasteiger partial charge in [-0.15, -0.1) is 5.10 Å². The summed E-state index contributed by atoms with van der Waals surface area (Å²) >= 11 is 1.40. The molecular formula is C14H14N8O2S. The molecule has 0 aliphatic heterocycles. The molecule has 0 spiro atoms. The van der Waals surface area contributed by atoms with Crippen LogP contribution in [-0.4, -0.2) is 53.4 Å². The van der Waals surface area contributed by atoms with Crippen LogP contribution >= 0.6 is 11.8 Å². The maximum atomic E-state index is 12.1. The topological polar surface area (TPSA) is 131 Å². The Bertz CT molecular complexity index is 924. The Morgan fingerprint density at radius 1 is 1.40 bits per heavy atom. The summed E-state index contributed by atoms with van der Waals surface area (Å²) in [5, 5.41) is 14.4. The number of aromatic nitrogens is 7. The van der Waals surface area contributed by atoms with Crippen LogP contribution in [0.3, 0.4) is 0 Å². The van der Waals surface area contributed by atoms with Gasteiger partial charge in [-0.1, -0.05) is 11.8 Å². The van der Waals surface area contributed by atoms with Crippen molar-refractivity contribution in [3.63, 3.8) is 0 Å². The highest BCUT2D eigenvalue weighted by Crippen LogP contribution is 2.11. The number of thioether (sulfide) groups is 1. The van der Waals surface area contributed by atoms with Crippen molar-refractivity contribution in [1.29, 1.82) is 0 Å². The highest BCUT2D eigenvalue weighted by Gasteiger charge is 2.12. The number of amides is 1. The minimum absolute atomic E-state index is 0.0436. The van der Waals surface area contributed by atoms with Gasteiger partial charge in [0.05, 0.1) is 0 Å². The molecule has 0 saturated heterocycles. The van der Waals surface area contributed by atoms with E-state index in [0.29, 0.717) is 28.8 Å². The molecule has 11 heteroatoms. The summed E-state index contributed by atoms with van der Waals surface area (Å²) < 4.78 is 1.54. The molecule has 3 aromatic rings. The van der Waals surface area contributed by atoms with Crippen molar-refractivity contribution in [3.05, 3.63) is 46.6 Å². The Morgan fingerprint density at radius 2 is 2.28 bits per heavy atom. The van der Waals surface area contributed by atoms with E-state index in [0.717, 1.165) is 0 Å². The second-order valence-electron chi connectivity index (χ2n) is 4.91. The zero-order valence-corrected chi connectivity index (χ0v) is 14.0. The number of nitrogens with zero attached hydrogens (tertiary/aromatic N) is 6. The van der Waals surface area contributed by atoms with Crippen LogP contribution in [0.1, 0.15) is 10.4 Å². The molecule has 0 aliphatic rings. The lowest BCUT2D eigenvalue weighted by Gasteiger charge is -2.05. The number of rotatable bonds is 6. The van der Waals surface area contributed by atoms with Gasteiger partial charge in [-0.2, -0.15) is 0 Å². The average Bonchev–Trinajstić information content (AvgIpc) is 3.04. The molecule has 0 atom stereocenters. The smallest absolute Gasteiger partial charge is 0.264 e. The second-order valence-corrected chi connectivity index (χ2v) is 5.97. The minimum atomic E-state index is -0.503. The maximum Gasteiger partial charge on any atom is 0.264 e. The number of H-pyrrole nitrogens is 1. The SMILES string of the molecule is Cn1nnnc1SCCNC(=O)c1cnc(-c2cccnc2)[nH]c1=O. The quantitative estimate of drug-likeness (QED) is 0.460. The summed E-state index contributed by atoms with van der Waals surface area (Å²) in [5.41, 5.74) is 0.120. The first-order chi connectivity index (χ1) is 12.1. The standard InChI is InChI=1S/C14H14N8O2S/c1-22-14(19-20-21-22)25-6-5-16-12(23)10-8-17-11(18-13(10)24)9-3-2-4-15-7-9/h2-4,7-8H,5-6H2,1H3,(H,16,23)(H,17,18,24). The number of tetrazole rings is 1. The van der Waals surface area contributed by atoms with Crippen LogP contribution in [0.5, 0.6) is 0 Å². The number of pyridine rings is 1. The summed E-state index contributed by atoms with van der Waals surface area (Å²) in [6.45, 7) is 0.361. The number of hydrogen-bond donors (Lipinski definition) is 2. The van der Waals surface area contributed by atoms with E-state index < -0.39 is 11.5 Å². The van der Waals surface area contributed by atoms with Gasteiger partial charge in [-0.25, -0.2) is 9.67 Å². The Kier molecular flexibility index (Phi) is 5.14. The number of carbonyl (C=O) groups excluding carboxylic acids is 1. The summed E-state index contributed by atoms with van der Waals surface area (Å²) in [5.74, 6) is 0.446. The molecule has 3 heterocycles. The number of nitrogens with one attached hydrogen (secondary N) is 2. The first kappa shape index (κ1) is 16.8. The summed E-state index contributed by atoms with van der Waals surface area (Å²) in [6.07, 6.45) is 4.46. The molecule has 0 aromatic carbocycles. The fourth-order valence-electron chi connectivity index (χ4n) is 1.95. The van der Waals surface area contributed by atoms with E-state index in [1.54, 1.807) is 31.6 Å². The molecule has 128 valence electrons. The largest absolute Gasteiger partial charge is 0.351 e. The third-order valence-corrected chi connectivity index (χ3v) is 4.19. The van der Waals surface area contributed by atoms with Crippen molar-refractivity contribution in [2.45, 2.75) is 5.16 Å². The van der Waals surface area contributed by atoms with Crippen LogP contribution in [0.15, 0.2) is 40.7 Å². The van der Waals surface area contributed by atoms with E-state index in [-0.39, 0.29) is 5.56 Å². The monoisotopic (exact) mass is 358 g/mol. The van der Waals surface area contributed by atoms with Gasteiger partial charge in [-0.3, -0.25) is 14.6 Å². The lowest BCUT2D eigenvalue weighted by molar-refractivity contribution is 0.0954. The van der Waals surface area contributed by atoms with Crippen LogP contribution in [0.2, 0.25) is 0 Å². The van der Waals surface area contributed by atoms with E-state index in [9.17, 15) is 9.59 Å². The van der Waals surface area contributed by atoms with Crippen molar-refractivity contribution in [3.8, 4) is 11.4 Å². The highest BCUT2D eigenvalue weighted by atomic mass is 32.2. The van der Waals surface area contributed by atoms with E-state index >= 15 is 0 Å². The molecule has 1 amide bonds. The number of hydrogen-bond acceptors (Lipinski definition) is 8. The third kappa shape index (κ3) is 4.07. The Morgan fingerprint density at radius 3 is 2.96 bits per heavy atom. The van der Waals surface area contributed by atoms with Gasteiger partial charge in [0.15, 0.2) is 0 Å². The van der Waals surface area contributed by atoms with Crippen molar-refractivity contribution in [2.75, 3.05) is 12.3 Å². The van der Waals surface area contributed by atoms with Crippen molar-refractivity contribution >= 4 is 17.7 Å². The molecule has 0 saturated carbocycles. The first-order valence-corrected chi connectivity index (χ1v) is 8.27. The number of carbonyl (C=O) groups is 1. The van der Waals surface area contributed by atoms with Crippen LogP contribution in [0, 0.1) is 0 Å². The van der Waals surface area contributed by atoms with Gasteiger partial charge in [-0.05, 0) is 22.6 Å². The van der Waals surface area contributed by atoms with E-state index in [1.807, 2.05) is 0 Å². The summed E-state index contributed by atoms with van der Waals surface area (Å²) in [7, 11) is 1.73. The molecule has 0 aliphatic carbocycles. The summed E-state index contributed by atoms with van der Waals surface area (Å²) in [4.78, 5) is 34.9. The predicted octanol–water partition coefficient (Wildman–Crippen LogP) is -0.123. The van der Waals surface area contributed by atoms with Gasteiger partial charge >= 0.3 is 0 Å². The van der Waals surface area contributed by atoms with Gasteiger partial charge < -0.3 is 10.3 Å². The van der Waals surface area contributed by atoms with Crippen LogP contribution in [0.25, 0.3) is 11.4 Å². The lowest BCUT2D eigenvalue weighted by atomic mass is 10.2. The van der Waals surface area contributed by atoms with Gasteiger partial charge in [0.25, 0.3) is 11.5 Å². The Balaban J connectivity index is 1.59. The molecule has 0 bridgehead atoms. The van der Waals surface area contributed by atoms with E-state index in [4.69, 9.17) is 0 Å². The fraction of sp³-hybridized carbons (Fsp3) is 0.214. The first-order valence-electron chi connectivity index (χ1n) is 7.28. The molecule has 2 N–H and O–H groups in total. The maximum absolute atomic E-state index is 12.1. The van der Waals surface area contributed by atoms with E-state index in [2.05, 4.69) is 35.8 Å². The van der Waals surface area contributed by atoms with Crippen LogP contribution in [-0.2, 0) is 7.05 Å². The molecule has 3 aromatic heterocycles. The van der Waals surface area contributed by atoms with Crippen molar-refractivity contribution < 1.29 is 4.79 Å². The molecule has 0 fully saturated rings. The van der Waals surface area contributed by atoms with Gasteiger partial charge in [0.1, 0.15) is 11.4 Å². The molecule has 0 unspecified atom stereocenters. The lowest BCUT2D eigenvalue weighted by Crippen LogP contribution is -2.31. The Hall–Kier alpha value is -3.08. The highest BCUT2D eigenvalue weighted by molar-refractivity contribution is 7.99. The number of aryl methyl sites for hydroxylation is 1. The normalized spacial score (nSPS) is 10.6. The van der Waals surface area contributed by atoms with Crippen LogP contribution in [0.4, 0.5) is 0 Å². The third-order valence-electron chi connectivity index (χ3n) is 3.18. The minimum Gasteiger partial charge on any atom is -0.351 e. The molecule has 3 rings (SSSR count). The predicted molar refractivity (Wildman–Crippen MR) is 89.9 cm³/mol. The van der Waals surface area contributed by atoms with Crippen LogP contribution < -0.4 is 10.9 Å². The Labute approximate surface area is 146 Å². The molecule has 0 radical (unpaired) electrons. The average molecular weight is 358 g/mol. The zero-order chi connectivity index (χ0) is 17.6. The number of aromatic amines is 1. The zero-order valence-electron chi connectivity index (χ0n) is 13.2. The van der Waals surface area contributed by atoms with Gasteiger partial charge in [0.2, 0.25) is 5.16 Å². The summed E-state index contributed by atoms with van der Waals surface area (Å²) in [6, 6.07) is 3.50. The van der Waals surface area contributed by atoms with Gasteiger partial charge in [0, 0.05) is 43.5 Å². The molecular weight excluding hydrogens is 344 g/mol. The molecule has 25 heavy (non-hydrogen) atoms. The molecule has 10 nitrogen and oxygen atoms in total. The van der Waals surface area contributed by atoms with Crippen molar-refractivity contribution in [1.82, 2.24) is 40.5 Å². The fourth-order valence-corrected chi connectivity index (χ4v) is 2.66.